The second kappa shape index (κ2) is 9.24. The highest BCUT2D eigenvalue weighted by molar-refractivity contribution is 4.82. The van der Waals surface area contributed by atoms with Gasteiger partial charge in [0.15, 0.2) is 0 Å². The van der Waals surface area contributed by atoms with E-state index in [1.807, 2.05) is 0 Å². The van der Waals surface area contributed by atoms with E-state index in [4.69, 9.17) is 0 Å². The highest BCUT2D eigenvalue weighted by Gasteiger charge is 2.28. The lowest BCUT2D eigenvalue weighted by Gasteiger charge is -2.36. The molecule has 0 aliphatic heterocycles. The summed E-state index contributed by atoms with van der Waals surface area (Å²) in [5.41, 5.74) is -0.264. The van der Waals surface area contributed by atoms with Gasteiger partial charge in [-0.2, -0.15) is 5.06 Å². The third-order valence-electron chi connectivity index (χ3n) is 6.09. The summed E-state index contributed by atoms with van der Waals surface area (Å²) in [5.74, 6) is 0. The molecule has 0 aromatic rings. The van der Waals surface area contributed by atoms with Crippen molar-refractivity contribution in [2.45, 2.75) is 121 Å². The quantitative estimate of drug-likeness (QED) is 0.717. The van der Waals surface area contributed by atoms with Crippen molar-refractivity contribution in [3.05, 3.63) is 0 Å². The Hall–Kier alpha value is -0.120. The summed E-state index contributed by atoms with van der Waals surface area (Å²) in [6.07, 6.45) is 18.3. The van der Waals surface area contributed by atoms with Crippen molar-refractivity contribution in [3.63, 3.8) is 0 Å². The van der Waals surface area contributed by atoms with Gasteiger partial charge in [0.2, 0.25) is 0 Å². The van der Waals surface area contributed by atoms with Gasteiger partial charge in [0, 0.05) is 12.1 Å². The molecule has 130 valence electrons. The predicted molar refractivity (Wildman–Crippen MR) is 91.1 cm³/mol. The van der Waals surface area contributed by atoms with Crippen LogP contribution in [0.3, 0.4) is 0 Å². The minimum atomic E-state index is -0.264. The summed E-state index contributed by atoms with van der Waals surface area (Å²) in [6.45, 7) is 2.06. The number of aliphatic hydroxyl groups is 1. The first-order valence-electron chi connectivity index (χ1n) is 9.84. The monoisotopic (exact) mass is 311 g/mol. The maximum Gasteiger partial charge on any atom is 0.0645 e. The first kappa shape index (κ1) is 18.2. The van der Waals surface area contributed by atoms with Gasteiger partial charge in [-0.25, -0.2) is 0 Å². The van der Waals surface area contributed by atoms with Gasteiger partial charge in [0.1, 0.15) is 0 Å². The fourth-order valence-electron chi connectivity index (χ4n) is 4.38. The van der Waals surface area contributed by atoms with Crippen LogP contribution >= 0.6 is 0 Å². The average molecular weight is 312 g/mol. The molecule has 3 heteroatoms. The number of hydrogen-bond donors (Lipinski definition) is 2. The molecule has 3 nitrogen and oxygen atoms in total. The van der Waals surface area contributed by atoms with Crippen LogP contribution in [0.25, 0.3) is 0 Å². The highest BCUT2D eigenvalue weighted by atomic mass is 16.5. The normalized spacial score (nSPS) is 26.7. The average Bonchev–Trinajstić information content (AvgIpc) is 3.04. The Morgan fingerprint density at radius 2 is 1.18 bits per heavy atom. The summed E-state index contributed by atoms with van der Waals surface area (Å²) in [6, 6.07) is 0.957. The molecular formula is C19H37NO2. The first-order valence-corrected chi connectivity index (χ1v) is 9.84. The minimum Gasteiger partial charge on any atom is -0.390 e. The standard InChI is InChI=1S/C12H23NO.C7H14O/c14-13(11-7-3-1-4-8-11)12-9-5-2-6-10-12;1-2-7(8)5-3-4-6-7/h11-12,14H,1-10H2;8H,2-6H2,1H3. The molecule has 3 rings (SSSR count). The zero-order valence-electron chi connectivity index (χ0n) is 14.6. The Morgan fingerprint density at radius 1 is 0.773 bits per heavy atom. The zero-order valence-corrected chi connectivity index (χ0v) is 14.6. The van der Waals surface area contributed by atoms with Gasteiger partial charge in [0.05, 0.1) is 5.60 Å². The Bertz CT molecular complexity index is 272. The molecule has 0 atom stereocenters. The lowest BCUT2D eigenvalue weighted by Crippen LogP contribution is -2.42. The van der Waals surface area contributed by atoms with E-state index in [2.05, 4.69) is 6.92 Å². The second-order valence-electron chi connectivity index (χ2n) is 7.75. The molecule has 0 amide bonds. The Kier molecular flexibility index (Phi) is 7.66. The summed E-state index contributed by atoms with van der Waals surface area (Å²) < 4.78 is 0. The number of nitrogens with zero attached hydrogens (tertiary/aromatic N) is 1. The molecular weight excluding hydrogens is 274 g/mol. The molecule has 0 radical (unpaired) electrons. The van der Waals surface area contributed by atoms with Crippen LogP contribution in [0, 0.1) is 0 Å². The topological polar surface area (TPSA) is 43.7 Å². The van der Waals surface area contributed by atoms with E-state index in [1.54, 1.807) is 5.06 Å². The fourth-order valence-corrected chi connectivity index (χ4v) is 4.38. The van der Waals surface area contributed by atoms with Crippen LogP contribution in [0.5, 0.6) is 0 Å². The Labute approximate surface area is 137 Å². The molecule has 3 saturated carbocycles. The molecule has 3 aliphatic carbocycles. The van der Waals surface area contributed by atoms with E-state index < -0.39 is 0 Å². The van der Waals surface area contributed by atoms with Gasteiger partial charge < -0.3 is 10.3 Å². The van der Waals surface area contributed by atoms with Crippen molar-refractivity contribution in [1.29, 1.82) is 0 Å². The van der Waals surface area contributed by atoms with Crippen LogP contribution in [-0.2, 0) is 0 Å². The second-order valence-corrected chi connectivity index (χ2v) is 7.75. The van der Waals surface area contributed by atoms with Gasteiger partial charge in [-0.05, 0) is 44.9 Å². The molecule has 2 N–H and O–H groups in total. The van der Waals surface area contributed by atoms with Crippen LogP contribution < -0.4 is 0 Å². The summed E-state index contributed by atoms with van der Waals surface area (Å²) in [4.78, 5) is 0. The van der Waals surface area contributed by atoms with Crippen molar-refractivity contribution in [2.75, 3.05) is 0 Å². The van der Waals surface area contributed by atoms with Crippen molar-refractivity contribution in [3.8, 4) is 0 Å². The van der Waals surface area contributed by atoms with E-state index >= 15 is 0 Å². The maximum atomic E-state index is 10.1. The Balaban J connectivity index is 0.000000188. The SMILES string of the molecule is CCC1(O)CCCC1.ON(C1CCCCC1)C1CCCCC1. The molecule has 0 unspecified atom stereocenters. The fraction of sp³-hybridized carbons (Fsp3) is 1.00. The molecule has 0 spiro atoms. The van der Waals surface area contributed by atoms with Crippen molar-refractivity contribution in [1.82, 2.24) is 5.06 Å². The molecule has 3 aliphatic rings. The third-order valence-corrected chi connectivity index (χ3v) is 6.09. The van der Waals surface area contributed by atoms with E-state index in [0.717, 1.165) is 19.3 Å². The molecule has 22 heavy (non-hydrogen) atoms. The van der Waals surface area contributed by atoms with Gasteiger partial charge in [-0.1, -0.05) is 58.3 Å². The Morgan fingerprint density at radius 3 is 1.50 bits per heavy atom. The van der Waals surface area contributed by atoms with Gasteiger partial charge in [-0.15, -0.1) is 0 Å². The van der Waals surface area contributed by atoms with Crippen LogP contribution in [0.4, 0.5) is 0 Å². The third kappa shape index (κ3) is 5.50. The largest absolute Gasteiger partial charge is 0.390 e. The van der Waals surface area contributed by atoms with E-state index in [1.165, 1.54) is 77.0 Å². The van der Waals surface area contributed by atoms with Gasteiger partial charge >= 0.3 is 0 Å². The minimum absolute atomic E-state index is 0.264. The van der Waals surface area contributed by atoms with Gasteiger partial charge in [-0.3, -0.25) is 0 Å². The smallest absolute Gasteiger partial charge is 0.0645 e. The molecule has 0 aromatic heterocycles. The summed E-state index contributed by atoms with van der Waals surface area (Å²) in [5, 5.41) is 21.4. The molecule has 3 fully saturated rings. The first-order chi connectivity index (χ1) is 10.6. The number of hydroxylamine groups is 2. The van der Waals surface area contributed by atoms with Crippen molar-refractivity contribution in [2.24, 2.45) is 0 Å². The van der Waals surface area contributed by atoms with Crippen LogP contribution in [0.2, 0.25) is 0 Å². The van der Waals surface area contributed by atoms with Crippen LogP contribution in [-0.4, -0.2) is 33.1 Å². The molecule has 0 saturated heterocycles. The van der Waals surface area contributed by atoms with Crippen molar-refractivity contribution < 1.29 is 10.3 Å². The van der Waals surface area contributed by atoms with Gasteiger partial charge in [0.25, 0.3) is 0 Å². The summed E-state index contributed by atoms with van der Waals surface area (Å²) in [7, 11) is 0. The van der Waals surface area contributed by atoms with Crippen LogP contribution in [0.15, 0.2) is 0 Å². The predicted octanol–water partition coefficient (Wildman–Crippen LogP) is 5.04. The lowest BCUT2D eigenvalue weighted by molar-refractivity contribution is -0.173. The van der Waals surface area contributed by atoms with Crippen molar-refractivity contribution >= 4 is 0 Å². The number of rotatable bonds is 3. The summed E-state index contributed by atoms with van der Waals surface area (Å²) >= 11 is 0. The molecule has 0 heterocycles. The highest BCUT2D eigenvalue weighted by Crippen LogP contribution is 2.31. The maximum absolute atomic E-state index is 10.1. The molecule has 0 aromatic carbocycles. The van der Waals surface area contributed by atoms with E-state index in [0.29, 0.717) is 12.1 Å². The van der Waals surface area contributed by atoms with E-state index in [9.17, 15) is 10.3 Å². The van der Waals surface area contributed by atoms with Crippen LogP contribution in [0.1, 0.15) is 103 Å². The zero-order chi connectivity index (χ0) is 15.8. The lowest BCUT2D eigenvalue weighted by atomic mass is 9.90. The number of hydrogen-bond acceptors (Lipinski definition) is 3. The van der Waals surface area contributed by atoms with E-state index in [-0.39, 0.29) is 5.60 Å². The molecule has 0 bridgehead atoms.